The number of aryl methyl sites for hydroxylation is 1. The molecule has 3 heteroatoms. The van der Waals surface area contributed by atoms with E-state index in [2.05, 4.69) is 57.1 Å². The number of ether oxygens (including phenoxy) is 1. The predicted octanol–water partition coefficient (Wildman–Crippen LogP) is 5.34. The number of unbranched alkanes of at least 4 members (excludes halogenated alkanes) is 4. The molecule has 0 spiro atoms. The summed E-state index contributed by atoms with van der Waals surface area (Å²) in [6, 6.07) is 9.26. The molecule has 0 heterocycles. The number of nitrogens with zero attached hydrogens (tertiary/aromatic N) is 1. The lowest BCUT2D eigenvalue weighted by atomic mass is 10.1. The Balaban J connectivity index is 0.00000441. The summed E-state index contributed by atoms with van der Waals surface area (Å²) in [7, 11) is 4.28. The molecule has 1 aromatic carbocycles. The van der Waals surface area contributed by atoms with Crippen LogP contribution in [0.2, 0.25) is 0 Å². The van der Waals surface area contributed by atoms with E-state index >= 15 is 0 Å². The highest BCUT2D eigenvalue weighted by Crippen LogP contribution is 2.15. The quantitative estimate of drug-likeness (QED) is 0.509. The van der Waals surface area contributed by atoms with Crippen molar-refractivity contribution in [1.29, 1.82) is 0 Å². The normalized spacial score (nSPS) is 12.0. The van der Waals surface area contributed by atoms with Gasteiger partial charge in [-0.25, -0.2) is 0 Å². The van der Waals surface area contributed by atoms with Crippen molar-refractivity contribution in [2.24, 2.45) is 0 Å². The molecule has 0 aliphatic carbocycles. The minimum Gasteiger partial charge on any atom is -0.494 e. The Morgan fingerprint density at radius 2 is 1.64 bits per heavy atom. The number of halogens is 1. The van der Waals surface area contributed by atoms with E-state index in [1.165, 1.54) is 44.1 Å². The lowest BCUT2D eigenvalue weighted by molar-refractivity contribution is 0.298. The van der Waals surface area contributed by atoms with Crippen molar-refractivity contribution in [2.45, 2.75) is 64.8 Å². The Morgan fingerprint density at radius 1 is 1.00 bits per heavy atom. The van der Waals surface area contributed by atoms with Crippen LogP contribution >= 0.6 is 12.4 Å². The summed E-state index contributed by atoms with van der Waals surface area (Å²) in [5.74, 6) is 1.01. The SMILES string of the molecule is CCCCCCCOc1ccc(CCC(C)N(C)C)cc1.Cl. The van der Waals surface area contributed by atoms with Gasteiger partial charge in [-0.3, -0.25) is 0 Å². The molecule has 0 aromatic heterocycles. The van der Waals surface area contributed by atoms with Crippen LogP contribution in [0.4, 0.5) is 0 Å². The lowest BCUT2D eigenvalue weighted by Gasteiger charge is -2.19. The fraction of sp³-hybridized carbons (Fsp3) is 0.684. The first-order valence-electron chi connectivity index (χ1n) is 8.51. The van der Waals surface area contributed by atoms with Crippen LogP contribution in [0.15, 0.2) is 24.3 Å². The summed E-state index contributed by atoms with van der Waals surface area (Å²) < 4.78 is 5.80. The molecule has 2 nitrogen and oxygen atoms in total. The van der Waals surface area contributed by atoms with Crippen LogP contribution in [0, 0.1) is 0 Å². The minimum atomic E-state index is 0. The van der Waals surface area contributed by atoms with Gasteiger partial charge in [-0.15, -0.1) is 12.4 Å². The molecule has 1 aromatic rings. The van der Waals surface area contributed by atoms with Crippen molar-refractivity contribution >= 4 is 12.4 Å². The van der Waals surface area contributed by atoms with Crippen LogP contribution in [-0.4, -0.2) is 31.6 Å². The minimum absolute atomic E-state index is 0. The van der Waals surface area contributed by atoms with Crippen LogP contribution in [-0.2, 0) is 6.42 Å². The van der Waals surface area contributed by atoms with Crippen LogP contribution in [0.25, 0.3) is 0 Å². The van der Waals surface area contributed by atoms with Gasteiger partial charge >= 0.3 is 0 Å². The molecule has 0 bridgehead atoms. The Morgan fingerprint density at radius 3 is 2.23 bits per heavy atom. The van der Waals surface area contributed by atoms with Gasteiger partial charge in [0.1, 0.15) is 5.75 Å². The fourth-order valence-electron chi connectivity index (χ4n) is 2.28. The third-order valence-electron chi connectivity index (χ3n) is 4.17. The van der Waals surface area contributed by atoms with Gasteiger partial charge < -0.3 is 9.64 Å². The van der Waals surface area contributed by atoms with Crippen molar-refractivity contribution in [3.63, 3.8) is 0 Å². The number of hydrogen-bond acceptors (Lipinski definition) is 2. The zero-order chi connectivity index (χ0) is 15.5. The highest BCUT2D eigenvalue weighted by atomic mass is 35.5. The van der Waals surface area contributed by atoms with Crippen molar-refractivity contribution in [1.82, 2.24) is 4.90 Å². The molecule has 128 valence electrons. The summed E-state index contributed by atoms with van der Waals surface area (Å²) in [6.45, 7) is 5.37. The third kappa shape index (κ3) is 9.32. The average molecular weight is 328 g/mol. The highest BCUT2D eigenvalue weighted by molar-refractivity contribution is 5.85. The predicted molar refractivity (Wildman–Crippen MR) is 99.4 cm³/mol. The molecular weight excluding hydrogens is 294 g/mol. The maximum atomic E-state index is 5.80. The van der Waals surface area contributed by atoms with E-state index < -0.39 is 0 Å². The smallest absolute Gasteiger partial charge is 0.119 e. The molecule has 1 rings (SSSR count). The van der Waals surface area contributed by atoms with Crippen molar-refractivity contribution < 1.29 is 4.74 Å². The zero-order valence-corrected chi connectivity index (χ0v) is 15.6. The van der Waals surface area contributed by atoms with Crippen molar-refractivity contribution in [3.8, 4) is 5.75 Å². The van der Waals surface area contributed by atoms with E-state index in [1.807, 2.05) is 0 Å². The Labute approximate surface area is 143 Å². The van der Waals surface area contributed by atoms with E-state index in [0.29, 0.717) is 6.04 Å². The molecule has 1 unspecified atom stereocenters. The van der Waals surface area contributed by atoms with E-state index in [-0.39, 0.29) is 12.4 Å². The van der Waals surface area contributed by atoms with Crippen molar-refractivity contribution in [3.05, 3.63) is 29.8 Å². The summed E-state index contributed by atoms with van der Waals surface area (Å²) in [5.41, 5.74) is 1.40. The van der Waals surface area contributed by atoms with Gasteiger partial charge in [0, 0.05) is 6.04 Å². The Kier molecular flexibility index (Phi) is 12.4. The standard InChI is InChI=1S/C19H33NO.ClH/c1-5-6-7-8-9-16-21-19-14-12-18(13-15-19)11-10-17(2)20(3)4;/h12-15,17H,5-11,16H2,1-4H3;1H. The Hall–Kier alpha value is -0.730. The number of benzene rings is 1. The molecule has 22 heavy (non-hydrogen) atoms. The number of rotatable bonds is 11. The van der Waals surface area contributed by atoms with Crippen LogP contribution in [0.3, 0.4) is 0 Å². The van der Waals surface area contributed by atoms with Gasteiger partial charge in [-0.1, -0.05) is 44.7 Å². The maximum absolute atomic E-state index is 5.80. The highest BCUT2D eigenvalue weighted by Gasteiger charge is 2.04. The lowest BCUT2D eigenvalue weighted by Crippen LogP contribution is -2.24. The van der Waals surface area contributed by atoms with Gasteiger partial charge in [0.2, 0.25) is 0 Å². The monoisotopic (exact) mass is 327 g/mol. The second-order valence-corrected chi connectivity index (χ2v) is 6.26. The maximum Gasteiger partial charge on any atom is 0.119 e. The van der Waals surface area contributed by atoms with Crippen LogP contribution in [0.1, 0.15) is 57.9 Å². The first kappa shape index (κ1) is 21.3. The molecular formula is C19H34ClNO. The zero-order valence-electron chi connectivity index (χ0n) is 14.8. The third-order valence-corrected chi connectivity index (χ3v) is 4.17. The summed E-state index contributed by atoms with van der Waals surface area (Å²) in [5, 5.41) is 0. The molecule has 0 saturated carbocycles. The van der Waals surface area contributed by atoms with E-state index in [4.69, 9.17) is 4.74 Å². The molecule has 1 atom stereocenters. The summed E-state index contributed by atoms with van der Waals surface area (Å²) >= 11 is 0. The summed E-state index contributed by atoms with van der Waals surface area (Å²) in [4.78, 5) is 2.27. The summed E-state index contributed by atoms with van der Waals surface area (Å²) in [6.07, 6.45) is 8.77. The van der Waals surface area contributed by atoms with E-state index in [9.17, 15) is 0 Å². The Bertz CT molecular complexity index is 364. The fourth-order valence-corrected chi connectivity index (χ4v) is 2.28. The van der Waals surface area contributed by atoms with E-state index in [1.54, 1.807) is 0 Å². The topological polar surface area (TPSA) is 12.5 Å². The average Bonchev–Trinajstić information content (AvgIpc) is 2.49. The molecule has 0 aliphatic rings. The molecule has 0 N–H and O–H groups in total. The second-order valence-electron chi connectivity index (χ2n) is 6.26. The second kappa shape index (κ2) is 12.8. The van der Waals surface area contributed by atoms with Gasteiger partial charge in [0.25, 0.3) is 0 Å². The van der Waals surface area contributed by atoms with Gasteiger partial charge in [-0.05, 0) is 58.0 Å². The van der Waals surface area contributed by atoms with Crippen LogP contribution < -0.4 is 4.74 Å². The van der Waals surface area contributed by atoms with E-state index in [0.717, 1.165) is 18.8 Å². The first-order valence-corrected chi connectivity index (χ1v) is 8.51. The largest absolute Gasteiger partial charge is 0.494 e. The molecule has 0 fully saturated rings. The molecule has 0 amide bonds. The number of hydrogen-bond donors (Lipinski definition) is 0. The van der Waals surface area contributed by atoms with Gasteiger partial charge in [0.05, 0.1) is 6.61 Å². The molecule has 0 radical (unpaired) electrons. The van der Waals surface area contributed by atoms with Gasteiger partial charge in [0.15, 0.2) is 0 Å². The molecule has 0 saturated heterocycles. The molecule has 0 aliphatic heterocycles. The van der Waals surface area contributed by atoms with Crippen LogP contribution in [0.5, 0.6) is 5.75 Å². The van der Waals surface area contributed by atoms with Crippen molar-refractivity contribution in [2.75, 3.05) is 20.7 Å². The first-order chi connectivity index (χ1) is 10.1. The van der Waals surface area contributed by atoms with Gasteiger partial charge in [-0.2, -0.15) is 0 Å².